The zero-order valence-electron chi connectivity index (χ0n) is 16.6. The van der Waals surface area contributed by atoms with Crippen LogP contribution in [0.2, 0.25) is 0 Å². The summed E-state index contributed by atoms with van der Waals surface area (Å²) in [5.74, 6) is 0.108. The van der Waals surface area contributed by atoms with Crippen LogP contribution in [0.15, 0.2) is 10.9 Å². The fourth-order valence-corrected chi connectivity index (χ4v) is 4.18. The molecule has 0 aromatic carbocycles. The van der Waals surface area contributed by atoms with Gasteiger partial charge in [0.25, 0.3) is 5.56 Å². The van der Waals surface area contributed by atoms with Crippen molar-refractivity contribution in [1.29, 1.82) is 0 Å². The number of nitrogens with zero attached hydrogens (tertiary/aromatic N) is 1. The van der Waals surface area contributed by atoms with Crippen molar-refractivity contribution in [3.8, 4) is 0 Å². The van der Waals surface area contributed by atoms with E-state index in [1.807, 2.05) is 0 Å². The molecule has 1 aromatic heterocycles. The number of hydrogen-bond acceptors (Lipinski definition) is 5. The van der Waals surface area contributed by atoms with Crippen molar-refractivity contribution in [3.63, 3.8) is 0 Å². The number of nitrogens with one attached hydrogen (secondary N) is 4. The van der Waals surface area contributed by atoms with Crippen molar-refractivity contribution in [1.82, 2.24) is 20.6 Å². The summed E-state index contributed by atoms with van der Waals surface area (Å²) in [5, 5.41) is 8.28. The van der Waals surface area contributed by atoms with Gasteiger partial charge in [-0.25, -0.2) is 9.59 Å². The molecule has 1 saturated carbocycles. The van der Waals surface area contributed by atoms with Gasteiger partial charge >= 0.3 is 12.1 Å². The number of aromatic nitrogens is 2. The number of anilines is 1. The van der Waals surface area contributed by atoms with E-state index in [4.69, 9.17) is 4.74 Å². The number of urea groups is 1. The van der Waals surface area contributed by atoms with Crippen molar-refractivity contribution in [2.75, 3.05) is 19.0 Å². The lowest BCUT2D eigenvalue weighted by Crippen LogP contribution is -2.50. The lowest BCUT2D eigenvalue weighted by molar-refractivity contribution is 0.0696. The number of amides is 3. The molecule has 2 rings (SSSR count). The highest BCUT2D eigenvalue weighted by Gasteiger charge is 2.42. The number of methoxy groups -OCH3 is 1. The minimum atomic E-state index is -0.444. The number of alkyl carbamates (subject to hydrolysis) is 1. The van der Waals surface area contributed by atoms with Crippen LogP contribution in [0.3, 0.4) is 0 Å². The van der Waals surface area contributed by atoms with Crippen molar-refractivity contribution >= 4 is 18.1 Å². The molecule has 150 valence electrons. The van der Waals surface area contributed by atoms with Crippen molar-refractivity contribution in [2.45, 2.75) is 53.0 Å². The molecule has 1 fully saturated rings. The van der Waals surface area contributed by atoms with E-state index in [0.717, 1.165) is 19.3 Å². The van der Waals surface area contributed by atoms with E-state index < -0.39 is 17.7 Å². The van der Waals surface area contributed by atoms with E-state index in [-0.39, 0.29) is 22.8 Å². The molecular formula is C18H29N5O4. The van der Waals surface area contributed by atoms with E-state index in [0.29, 0.717) is 12.2 Å². The first-order valence-corrected chi connectivity index (χ1v) is 8.98. The Hall–Kier alpha value is -2.58. The van der Waals surface area contributed by atoms with Crippen molar-refractivity contribution < 1.29 is 14.3 Å². The summed E-state index contributed by atoms with van der Waals surface area (Å²) in [6, 6.07) is 0.888. The first-order valence-electron chi connectivity index (χ1n) is 8.98. The second-order valence-electron chi connectivity index (χ2n) is 8.45. The van der Waals surface area contributed by atoms with Crippen LogP contribution < -0.4 is 21.5 Å². The highest BCUT2D eigenvalue weighted by Crippen LogP contribution is 2.45. The van der Waals surface area contributed by atoms with Gasteiger partial charge in [-0.3, -0.25) is 10.1 Å². The van der Waals surface area contributed by atoms with Crippen LogP contribution in [0.25, 0.3) is 0 Å². The first kappa shape index (κ1) is 20.7. The summed E-state index contributed by atoms with van der Waals surface area (Å²) in [6.45, 7) is 8.53. The highest BCUT2D eigenvalue weighted by molar-refractivity contribution is 5.87. The summed E-state index contributed by atoms with van der Waals surface area (Å²) in [6.07, 6.45) is 2.03. The summed E-state index contributed by atoms with van der Waals surface area (Å²) in [4.78, 5) is 41.8. The Morgan fingerprint density at radius 1 is 1.33 bits per heavy atom. The number of carbonyl (C=O) groups is 2. The molecular weight excluding hydrogens is 350 g/mol. The standard InChI is InChI=1S/C18H29N5O4/c1-11-6-13(24)22-14(20-11)23-15(25)19-10-18(4)8-12(21-16(26)27-5)7-17(2,3)9-18/h6,12H,7-10H2,1-5H3,(H,21,26)(H3,19,20,22,23,24,25). The Balaban J connectivity index is 1.98. The van der Waals surface area contributed by atoms with Gasteiger partial charge in [0, 0.05) is 24.3 Å². The van der Waals surface area contributed by atoms with E-state index in [9.17, 15) is 14.4 Å². The van der Waals surface area contributed by atoms with E-state index in [1.165, 1.54) is 13.2 Å². The number of hydrogen-bond donors (Lipinski definition) is 4. The Morgan fingerprint density at radius 2 is 2.04 bits per heavy atom. The number of rotatable bonds is 4. The van der Waals surface area contributed by atoms with Gasteiger partial charge in [0.1, 0.15) is 0 Å². The Kier molecular flexibility index (Phi) is 6.12. The molecule has 0 radical (unpaired) electrons. The number of carbonyl (C=O) groups excluding carboxylic acids is 2. The van der Waals surface area contributed by atoms with Crippen LogP contribution >= 0.6 is 0 Å². The summed E-state index contributed by atoms with van der Waals surface area (Å²) >= 11 is 0. The maximum absolute atomic E-state index is 12.2. The van der Waals surface area contributed by atoms with Crippen molar-refractivity contribution in [2.24, 2.45) is 10.8 Å². The van der Waals surface area contributed by atoms with Crippen molar-refractivity contribution in [3.05, 3.63) is 22.1 Å². The molecule has 0 spiro atoms. The second-order valence-corrected chi connectivity index (χ2v) is 8.45. The smallest absolute Gasteiger partial charge is 0.407 e. The molecule has 27 heavy (non-hydrogen) atoms. The Morgan fingerprint density at radius 3 is 2.67 bits per heavy atom. The van der Waals surface area contributed by atoms with Gasteiger partial charge in [0.2, 0.25) is 5.95 Å². The van der Waals surface area contributed by atoms with Gasteiger partial charge in [-0.05, 0) is 37.0 Å². The normalized spacial score (nSPS) is 24.0. The summed E-state index contributed by atoms with van der Waals surface area (Å²) in [5.41, 5.74) is 0.0144. The van der Waals surface area contributed by atoms with Crippen LogP contribution in [-0.4, -0.2) is 41.8 Å². The third-order valence-corrected chi connectivity index (χ3v) is 4.74. The average molecular weight is 379 g/mol. The summed E-state index contributed by atoms with van der Waals surface area (Å²) in [7, 11) is 1.35. The highest BCUT2D eigenvalue weighted by atomic mass is 16.5. The van der Waals surface area contributed by atoms with Crippen LogP contribution in [0.4, 0.5) is 15.5 Å². The predicted molar refractivity (Wildman–Crippen MR) is 102 cm³/mol. The fourth-order valence-electron chi connectivity index (χ4n) is 4.18. The molecule has 1 aliphatic rings. The second kappa shape index (κ2) is 7.98. The van der Waals surface area contributed by atoms with Gasteiger partial charge < -0.3 is 20.4 Å². The number of aromatic amines is 1. The molecule has 1 aromatic rings. The third kappa shape index (κ3) is 6.26. The number of H-pyrrole nitrogens is 1. The zero-order chi connectivity index (χ0) is 20.2. The van der Waals surface area contributed by atoms with E-state index in [2.05, 4.69) is 46.7 Å². The monoisotopic (exact) mass is 379 g/mol. The molecule has 0 aliphatic heterocycles. The minimum absolute atomic E-state index is 0.0141. The molecule has 2 atom stereocenters. The molecule has 0 saturated heterocycles. The first-order chi connectivity index (χ1) is 12.5. The molecule has 3 amide bonds. The third-order valence-electron chi connectivity index (χ3n) is 4.74. The number of aryl methyl sites for hydroxylation is 1. The fraction of sp³-hybridized carbons (Fsp3) is 0.667. The van der Waals surface area contributed by atoms with Gasteiger partial charge in [0.15, 0.2) is 0 Å². The number of ether oxygens (including phenoxy) is 1. The molecule has 9 heteroatoms. The molecule has 2 unspecified atom stereocenters. The van der Waals surface area contributed by atoms with Crippen LogP contribution in [0.1, 0.15) is 45.7 Å². The quantitative estimate of drug-likeness (QED) is 0.638. The maximum atomic E-state index is 12.2. The van der Waals surface area contributed by atoms with E-state index in [1.54, 1.807) is 6.92 Å². The van der Waals surface area contributed by atoms with Crippen LogP contribution in [0.5, 0.6) is 0 Å². The predicted octanol–water partition coefficient (Wildman–Crippen LogP) is 2.14. The lowest BCUT2D eigenvalue weighted by Gasteiger charge is -2.46. The minimum Gasteiger partial charge on any atom is -0.453 e. The van der Waals surface area contributed by atoms with Gasteiger partial charge in [0.05, 0.1) is 7.11 Å². The van der Waals surface area contributed by atoms with E-state index >= 15 is 0 Å². The van der Waals surface area contributed by atoms with Crippen LogP contribution in [-0.2, 0) is 4.74 Å². The molecule has 0 bridgehead atoms. The largest absolute Gasteiger partial charge is 0.453 e. The summed E-state index contributed by atoms with van der Waals surface area (Å²) < 4.78 is 4.71. The molecule has 4 N–H and O–H groups in total. The van der Waals surface area contributed by atoms with Gasteiger partial charge in [-0.15, -0.1) is 0 Å². The van der Waals surface area contributed by atoms with Gasteiger partial charge in [-0.2, -0.15) is 4.98 Å². The zero-order valence-corrected chi connectivity index (χ0v) is 16.6. The maximum Gasteiger partial charge on any atom is 0.407 e. The molecule has 1 heterocycles. The Labute approximate surface area is 158 Å². The SMILES string of the molecule is COC(=O)NC1CC(C)(C)CC(C)(CNC(=O)Nc2nc(=O)cc(C)[nH]2)C1. The van der Waals surface area contributed by atoms with Gasteiger partial charge in [-0.1, -0.05) is 20.8 Å². The molecule has 1 aliphatic carbocycles. The Bertz CT molecular complexity index is 760. The van der Waals surface area contributed by atoms with Crippen LogP contribution in [0, 0.1) is 17.8 Å². The lowest BCUT2D eigenvalue weighted by atomic mass is 9.62. The molecule has 9 nitrogen and oxygen atoms in total. The topological polar surface area (TPSA) is 125 Å². The average Bonchev–Trinajstić information content (AvgIpc) is 2.50.